The average Bonchev–Trinajstić information content (AvgIpc) is 2.35. The van der Waals surface area contributed by atoms with Gasteiger partial charge in [0.05, 0.1) is 7.11 Å². The van der Waals surface area contributed by atoms with Gasteiger partial charge in [-0.05, 0) is 44.9 Å². The van der Waals surface area contributed by atoms with Crippen LogP contribution in [0.1, 0.15) is 44.2 Å². The molecule has 1 atom stereocenters. The zero-order valence-corrected chi connectivity index (χ0v) is 13.0. The fraction of sp³-hybridized carbons (Fsp3) is 0.625. The van der Waals surface area contributed by atoms with Gasteiger partial charge >= 0.3 is 0 Å². The lowest BCUT2D eigenvalue weighted by Crippen LogP contribution is -2.45. The van der Waals surface area contributed by atoms with Crippen molar-refractivity contribution >= 4 is 5.69 Å². The predicted octanol–water partition coefficient (Wildman–Crippen LogP) is 3.14. The number of ether oxygens (including phenoxy) is 1. The predicted molar refractivity (Wildman–Crippen MR) is 81.3 cm³/mol. The van der Waals surface area contributed by atoms with Crippen LogP contribution in [0.2, 0.25) is 0 Å². The van der Waals surface area contributed by atoms with Crippen LogP contribution >= 0.6 is 0 Å². The minimum atomic E-state index is 0.196. The van der Waals surface area contributed by atoms with Gasteiger partial charge in [-0.15, -0.1) is 0 Å². The summed E-state index contributed by atoms with van der Waals surface area (Å²) in [6.07, 6.45) is 1.18. The lowest BCUT2D eigenvalue weighted by Gasteiger charge is -2.45. The summed E-state index contributed by atoms with van der Waals surface area (Å²) in [6, 6.07) is 4.50. The molecule has 0 aliphatic carbocycles. The van der Waals surface area contributed by atoms with Gasteiger partial charge in [0.25, 0.3) is 0 Å². The van der Waals surface area contributed by atoms with Crippen LogP contribution in [0.15, 0.2) is 12.1 Å². The molecule has 1 N–H and O–H groups in total. The molecule has 1 aliphatic heterocycles. The quantitative estimate of drug-likeness (QED) is 0.905. The first-order valence-electron chi connectivity index (χ1n) is 7.00. The van der Waals surface area contributed by atoms with Crippen molar-refractivity contribution < 1.29 is 4.74 Å². The Morgan fingerprint density at radius 3 is 2.68 bits per heavy atom. The van der Waals surface area contributed by atoms with Crippen LogP contribution in [-0.2, 0) is 6.54 Å². The molecule has 1 aliphatic rings. The van der Waals surface area contributed by atoms with E-state index in [9.17, 15) is 0 Å². The van der Waals surface area contributed by atoms with E-state index in [4.69, 9.17) is 4.74 Å². The molecule has 106 valence electrons. The Morgan fingerprint density at radius 1 is 1.42 bits per heavy atom. The molecule has 0 saturated heterocycles. The maximum absolute atomic E-state index is 5.55. The Balaban J connectivity index is 2.54. The van der Waals surface area contributed by atoms with Crippen LogP contribution in [0.4, 0.5) is 5.69 Å². The van der Waals surface area contributed by atoms with Gasteiger partial charge in [0, 0.05) is 36.4 Å². The van der Waals surface area contributed by atoms with E-state index in [1.54, 1.807) is 7.11 Å². The van der Waals surface area contributed by atoms with Crippen molar-refractivity contribution in [2.24, 2.45) is 0 Å². The van der Waals surface area contributed by atoms with Gasteiger partial charge in [0.15, 0.2) is 0 Å². The third kappa shape index (κ3) is 2.44. The number of fused-ring (bicyclic) bond motifs is 1. The second-order valence-corrected chi connectivity index (χ2v) is 6.23. The van der Waals surface area contributed by atoms with Crippen LogP contribution in [0, 0.1) is 0 Å². The van der Waals surface area contributed by atoms with E-state index < -0.39 is 0 Å². The molecule has 0 radical (unpaired) electrons. The second kappa shape index (κ2) is 5.04. The van der Waals surface area contributed by atoms with Crippen LogP contribution in [0.5, 0.6) is 5.75 Å². The summed E-state index contributed by atoms with van der Waals surface area (Å²) in [5.74, 6) is 1.56. The van der Waals surface area contributed by atoms with Gasteiger partial charge in [0.1, 0.15) is 5.75 Å². The monoisotopic (exact) mass is 262 g/mol. The average molecular weight is 262 g/mol. The van der Waals surface area contributed by atoms with Crippen molar-refractivity contribution in [1.29, 1.82) is 0 Å². The third-order valence-electron chi connectivity index (χ3n) is 4.40. The zero-order valence-electron chi connectivity index (χ0n) is 13.0. The lowest BCUT2D eigenvalue weighted by atomic mass is 9.80. The summed E-state index contributed by atoms with van der Waals surface area (Å²) in [5.41, 5.74) is 4.18. The number of hydrogen-bond donors (Lipinski definition) is 1. The summed E-state index contributed by atoms with van der Waals surface area (Å²) in [4.78, 5) is 2.38. The van der Waals surface area contributed by atoms with Crippen LogP contribution in [-0.4, -0.2) is 26.7 Å². The smallest absolute Gasteiger partial charge is 0.125 e. The molecule has 1 aromatic rings. The van der Waals surface area contributed by atoms with Gasteiger partial charge in [-0.3, -0.25) is 0 Å². The van der Waals surface area contributed by atoms with E-state index in [0.717, 1.165) is 12.3 Å². The van der Waals surface area contributed by atoms with E-state index in [1.807, 2.05) is 7.05 Å². The summed E-state index contributed by atoms with van der Waals surface area (Å²) in [6.45, 7) is 7.78. The molecule has 0 aromatic heterocycles. The van der Waals surface area contributed by atoms with Crippen molar-refractivity contribution in [3.05, 3.63) is 23.3 Å². The molecule has 0 unspecified atom stereocenters. The highest BCUT2D eigenvalue weighted by molar-refractivity contribution is 5.63. The number of benzene rings is 1. The second-order valence-electron chi connectivity index (χ2n) is 6.23. The summed E-state index contributed by atoms with van der Waals surface area (Å²) < 4.78 is 5.55. The fourth-order valence-corrected chi connectivity index (χ4v) is 3.16. The maximum Gasteiger partial charge on any atom is 0.125 e. The molecule has 0 fully saturated rings. The van der Waals surface area contributed by atoms with Crippen molar-refractivity contribution in [2.75, 3.05) is 26.1 Å². The zero-order chi connectivity index (χ0) is 14.2. The van der Waals surface area contributed by atoms with Gasteiger partial charge in [-0.25, -0.2) is 0 Å². The van der Waals surface area contributed by atoms with Crippen molar-refractivity contribution in [3.63, 3.8) is 0 Å². The molecule has 0 amide bonds. The van der Waals surface area contributed by atoms with E-state index in [0.29, 0.717) is 5.92 Å². The third-order valence-corrected chi connectivity index (χ3v) is 4.40. The molecule has 19 heavy (non-hydrogen) atoms. The number of anilines is 1. The van der Waals surface area contributed by atoms with Gasteiger partial charge < -0.3 is 15.0 Å². The first-order valence-corrected chi connectivity index (χ1v) is 7.00. The molecule has 3 heteroatoms. The number of hydrogen-bond acceptors (Lipinski definition) is 3. The first kappa shape index (κ1) is 14.2. The largest absolute Gasteiger partial charge is 0.496 e. The van der Waals surface area contributed by atoms with E-state index in [2.05, 4.69) is 50.2 Å². The molecule has 1 aromatic carbocycles. The van der Waals surface area contributed by atoms with Gasteiger partial charge in [-0.2, -0.15) is 0 Å². The first-order chi connectivity index (χ1) is 8.90. The van der Waals surface area contributed by atoms with E-state index in [-0.39, 0.29) is 5.54 Å². The van der Waals surface area contributed by atoms with Gasteiger partial charge in [-0.1, -0.05) is 6.92 Å². The summed E-state index contributed by atoms with van der Waals surface area (Å²) >= 11 is 0. The number of nitrogens with zero attached hydrogens (tertiary/aromatic N) is 1. The summed E-state index contributed by atoms with van der Waals surface area (Å²) in [5, 5.41) is 3.21. The Labute approximate surface area is 116 Å². The fourth-order valence-electron chi connectivity index (χ4n) is 3.16. The highest BCUT2D eigenvalue weighted by Gasteiger charge is 2.34. The highest BCUT2D eigenvalue weighted by atomic mass is 16.5. The van der Waals surface area contributed by atoms with E-state index in [1.165, 1.54) is 23.2 Å². The Kier molecular flexibility index (Phi) is 3.77. The van der Waals surface area contributed by atoms with Crippen LogP contribution < -0.4 is 15.0 Å². The molecule has 0 spiro atoms. The van der Waals surface area contributed by atoms with Crippen molar-refractivity contribution in [1.82, 2.24) is 5.32 Å². The Bertz CT molecular complexity index is 468. The molecule has 0 saturated carbocycles. The topological polar surface area (TPSA) is 24.5 Å². The molecule has 0 bridgehead atoms. The standard InChI is InChI=1S/C16H26N2O/c1-11-9-16(2,3)18(5)14-8-15(19-6)12(10-17-4)7-13(11)14/h7-8,11,17H,9-10H2,1-6H3/t11-/m0/s1. The van der Waals surface area contributed by atoms with Crippen molar-refractivity contribution in [2.45, 2.75) is 45.2 Å². The number of methoxy groups -OCH3 is 1. The maximum atomic E-state index is 5.55. The van der Waals surface area contributed by atoms with E-state index >= 15 is 0 Å². The minimum absolute atomic E-state index is 0.196. The highest BCUT2D eigenvalue weighted by Crippen LogP contribution is 2.44. The number of rotatable bonds is 3. The van der Waals surface area contributed by atoms with Gasteiger partial charge in [0.2, 0.25) is 0 Å². The van der Waals surface area contributed by atoms with Crippen LogP contribution in [0.25, 0.3) is 0 Å². The Morgan fingerprint density at radius 2 is 2.11 bits per heavy atom. The molecule has 3 nitrogen and oxygen atoms in total. The SMILES string of the molecule is CNCc1cc2c(cc1OC)N(C)C(C)(C)C[C@@H]2C. The number of nitrogens with one attached hydrogen (secondary N) is 1. The molecule has 2 rings (SSSR count). The van der Waals surface area contributed by atoms with Crippen LogP contribution in [0.3, 0.4) is 0 Å². The Hall–Kier alpha value is -1.22. The van der Waals surface area contributed by atoms with Crippen molar-refractivity contribution in [3.8, 4) is 5.75 Å². The minimum Gasteiger partial charge on any atom is -0.496 e. The normalized spacial score (nSPS) is 21.2. The lowest BCUT2D eigenvalue weighted by molar-refractivity contribution is 0.387. The summed E-state index contributed by atoms with van der Waals surface area (Å²) in [7, 11) is 5.90. The molecular formula is C16H26N2O. The molecule has 1 heterocycles. The molecular weight excluding hydrogens is 236 g/mol.